The van der Waals surface area contributed by atoms with Gasteiger partial charge in [-0.15, -0.1) is 0 Å². The fourth-order valence-electron chi connectivity index (χ4n) is 3.58. The van der Waals surface area contributed by atoms with Crippen LogP contribution in [0.2, 0.25) is 0 Å². The average molecular weight is 488 g/mol. The number of nitrogens with one attached hydrogen (secondary N) is 1. The number of halogens is 3. The average Bonchev–Trinajstić information content (AvgIpc) is 2.78. The van der Waals surface area contributed by atoms with Crippen LogP contribution in [0.5, 0.6) is 0 Å². The minimum Gasteiger partial charge on any atom is -0.335 e. The summed E-state index contributed by atoms with van der Waals surface area (Å²) in [6.45, 7) is 12.0. The number of urea groups is 1. The van der Waals surface area contributed by atoms with Crippen molar-refractivity contribution >= 4 is 21.6 Å². The molecule has 3 rings (SSSR count). The lowest BCUT2D eigenvalue weighted by molar-refractivity contribution is -0.137. The van der Waals surface area contributed by atoms with Gasteiger partial charge in [0.05, 0.1) is 40.0 Å². The molecule has 0 saturated heterocycles. The highest BCUT2D eigenvalue weighted by Crippen LogP contribution is 2.39. The van der Waals surface area contributed by atoms with E-state index in [-0.39, 0.29) is 33.1 Å². The van der Waals surface area contributed by atoms with Gasteiger partial charge in [0.15, 0.2) is 9.84 Å². The third-order valence-electron chi connectivity index (χ3n) is 5.38. The quantitative estimate of drug-likeness (QED) is 0.600. The number of rotatable bonds is 4. The van der Waals surface area contributed by atoms with E-state index in [1.807, 2.05) is 6.07 Å². The van der Waals surface area contributed by atoms with Crippen LogP contribution in [0, 0.1) is 17.9 Å². The number of carbonyl (C=O) groups is 1. The zero-order valence-corrected chi connectivity index (χ0v) is 19.1. The van der Waals surface area contributed by atoms with E-state index in [4.69, 9.17) is 6.57 Å². The molecule has 0 radical (unpaired) electrons. The Labute approximate surface area is 194 Å². The summed E-state index contributed by atoms with van der Waals surface area (Å²) in [5, 5.41) is 10.9. The molecule has 1 N–H and O–H groups in total. The van der Waals surface area contributed by atoms with Gasteiger partial charge in [-0.3, -0.25) is 4.90 Å². The van der Waals surface area contributed by atoms with Crippen molar-refractivity contribution in [3.63, 3.8) is 0 Å². The predicted molar refractivity (Wildman–Crippen MR) is 118 cm³/mol. The van der Waals surface area contributed by atoms with Gasteiger partial charge in [0.25, 0.3) is 0 Å². The van der Waals surface area contributed by atoms with Gasteiger partial charge in [-0.25, -0.2) is 18.1 Å². The van der Waals surface area contributed by atoms with Crippen LogP contribution >= 0.6 is 0 Å². The first kappa shape index (κ1) is 24.8. The van der Waals surface area contributed by atoms with Crippen LogP contribution in [-0.4, -0.2) is 19.7 Å². The fraction of sp³-hybridized carbons (Fsp3) is 0.261. The molecule has 0 unspecified atom stereocenters. The number of amides is 2. The first-order valence-corrected chi connectivity index (χ1v) is 11.5. The maximum absolute atomic E-state index is 13.2. The molecule has 2 aromatic rings. The Hall–Kier alpha value is -3.83. The molecular weight excluding hydrogens is 469 g/mol. The van der Waals surface area contributed by atoms with Crippen LogP contribution in [0.1, 0.15) is 43.5 Å². The number of nitriles is 1. The van der Waals surface area contributed by atoms with Crippen LogP contribution in [0.3, 0.4) is 0 Å². The number of allylic oxidation sites excluding steroid dienone is 1. The fourth-order valence-corrected chi connectivity index (χ4v) is 4.89. The summed E-state index contributed by atoms with van der Waals surface area (Å²) in [5.41, 5.74) is -0.896. The third kappa shape index (κ3) is 4.35. The molecule has 1 aliphatic rings. The van der Waals surface area contributed by atoms with Crippen LogP contribution in [0.4, 0.5) is 23.7 Å². The number of anilines is 1. The van der Waals surface area contributed by atoms with Crippen molar-refractivity contribution in [1.29, 1.82) is 5.26 Å². The molecule has 0 aliphatic carbocycles. The van der Waals surface area contributed by atoms with Gasteiger partial charge in [0.1, 0.15) is 0 Å². The molecule has 0 fully saturated rings. The largest absolute Gasteiger partial charge is 0.416 e. The number of benzene rings is 2. The lowest BCUT2D eigenvalue weighted by Crippen LogP contribution is -2.46. The highest BCUT2D eigenvalue weighted by molar-refractivity contribution is 7.92. The summed E-state index contributed by atoms with van der Waals surface area (Å²) in [7, 11) is -3.91. The van der Waals surface area contributed by atoms with Crippen LogP contribution in [0.15, 0.2) is 58.8 Å². The highest BCUT2D eigenvalue weighted by Gasteiger charge is 2.38. The highest BCUT2D eigenvalue weighted by atomic mass is 32.2. The molecule has 1 heterocycles. The Kier molecular flexibility index (Phi) is 6.45. The Morgan fingerprint density at radius 1 is 1.21 bits per heavy atom. The molecule has 0 saturated carbocycles. The Balaban J connectivity index is 2.21. The molecule has 1 aliphatic heterocycles. The van der Waals surface area contributed by atoms with Gasteiger partial charge in [-0.2, -0.15) is 18.4 Å². The molecule has 11 heteroatoms. The number of hydrogen-bond acceptors (Lipinski definition) is 4. The van der Waals surface area contributed by atoms with E-state index in [1.54, 1.807) is 0 Å². The van der Waals surface area contributed by atoms with Crippen molar-refractivity contribution in [3.8, 4) is 6.07 Å². The van der Waals surface area contributed by atoms with Gasteiger partial charge in [-0.1, -0.05) is 12.1 Å². The van der Waals surface area contributed by atoms with Crippen molar-refractivity contribution in [3.05, 3.63) is 82.0 Å². The van der Waals surface area contributed by atoms with Crippen molar-refractivity contribution in [1.82, 2.24) is 5.32 Å². The van der Waals surface area contributed by atoms with E-state index in [2.05, 4.69) is 10.2 Å². The number of nitrogens with zero attached hydrogens (tertiary/aromatic N) is 3. The topological polar surface area (TPSA) is 94.6 Å². The van der Waals surface area contributed by atoms with Gasteiger partial charge < -0.3 is 5.32 Å². The monoisotopic (exact) mass is 488 g/mol. The Morgan fingerprint density at radius 3 is 2.44 bits per heavy atom. The standard InChI is InChI=1S/C23H19F3N4O3S/c1-13(2)34(32,33)19-10-15(12-27)8-9-18(19)21-20(28-4)14(3)30(22(31)29-21)17-7-5-6-16(11-17)23(24,25)26/h5-11,13,21H,1-3H3,(H,29,31)/t21-/m1/s1. The van der Waals surface area contributed by atoms with Gasteiger partial charge in [0, 0.05) is 11.4 Å². The first-order valence-electron chi connectivity index (χ1n) is 9.97. The van der Waals surface area contributed by atoms with Gasteiger partial charge in [0.2, 0.25) is 5.70 Å². The second-order valence-corrected chi connectivity index (χ2v) is 10.3. The number of sulfone groups is 1. The maximum atomic E-state index is 13.2. The predicted octanol–water partition coefficient (Wildman–Crippen LogP) is 5.18. The van der Waals surface area contributed by atoms with E-state index in [0.29, 0.717) is 0 Å². The molecule has 2 amide bonds. The minimum atomic E-state index is -4.63. The van der Waals surface area contributed by atoms with Crippen molar-refractivity contribution in [2.75, 3.05) is 4.90 Å². The van der Waals surface area contributed by atoms with E-state index >= 15 is 0 Å². The Morgan fingerprint density at radius 2 is 1.88 bits per heavy atom. The summed E-state index contributed by atoms with van der Waals surface area (Å²) in [6, 6.07) is 7.89. The lowest BCUT2D eigenvalue weighted by atomic mass is 9.99. The normalized spacial score (nSPS) is 16.8. The summed E-state index contributed by atoms with van der Waals surface area (Å²) in [4.78, 5) is 17.2. The molecular formula is C23H19F3N4O3S. The third-order valence-corrected chi connectivity index (χ3v) is 7.59. The summed E-state index contributed by atoms with van der Waals surface area (Å²) in [5.74, 6) is 0. The number of alkyl halides is 3. The summed E-state index contributed by atoms with van der Waals surface area (Å²) in [6.07, 6.45) is -4.63. The van der Waals surface area contributed by atoms with E-state index in [0.717, 1.165) is 23.1 Å². The van der Waals surface area contributed by atoms with Crippen LogP contribution in [0.25, 0.3) is 4.85 Å². The minimum absolute atomic E-state index is 0.0559. The van der Waals surface area contributed by atoms with E-state index in [9.17, 15) is 31.6 Å². The van der Waals surface area contributed by atoms with Crippen LogP contribution in [-0.2, 0) is 16.0 Å². The second-order valence-electron chi connectivity index (χ2n) is 7.81. The zero-order chi connectivity index (χ0) is 25.4. The smallest absolute Gasteiger partial charge is 0.335 e. The lowest BCUT2D eigenvalue weighted by Gasteiger charge is -2.35. The molecule has 176 valence electrons. The molecule has 0 bridgehead atoms. The molecule has 0 aromatic heterocycles. The van der Waals surface area contributed by atoms with Crippen molar-refractivity contribution < 1.29 is 26.4 Å². The van der Waals surface area contributed by atoms with Crippen LogP contribution < -0.4 is 10.2 Å². The first-order chi connectivity index (χ1) is 15.8. The SMILES string of the molecule is [C-]#[N+]C1=C(C)N(c2cccc(C(F)(F)F)c2)C(=O)N[C@@H]1c1ccc(C#N)cc1S(=O)(=O)C(C)C. The molecule has 7 nitrogen and oxygen atoms in total. The second kappa shape index (κ2) is 8.84. The zero-order valence-electron chi connectivity index (χ0n) is 18.3. The van der Waals surface area contributed by atoms with Gasteiger partial charge >= 0.3 is 12.2 Å². The van der Waals surface area contributed by atoms with Crippen molar-refractivity contribution in [2.45, 2.75) is 43.1 Å². The van der Waals surface area contributed by atoms with Crippen molar-refractivity contribution in [2.24, 2.45) is 0 Å². The molecule has 34 heavy (non-hydrogen) atoms. The van der Waals surface area contributed by atoms with Gasteiger partial charge in [-0.05, 0) is 56.7 Å². The molecule has 1 atom stereocenters. The summed E-state index contributed by atoms with van der Waals surface area (Å²) < 4.78 is 65.6. The maximum Gasteiger partial charge on any atom is 0.416 e. The Bertz CT molecular complexity index is 1380. The summed E-state index contributed by atoms with van der Waals surface area (Å²) >= 11 is 0. The molecule has 2 aromatic carbocycles. The number of hydrogen-bond donors (Lipinski definition) is 1. The number of carbonyl (C=O) groups excluding carboxylic acids is 1. The molecule has 0 spiro atoms. The van der Waals surface area contributed by atoms with E-state index < -0.39 is 38.9 Å². The van der Waals surface area contributed by atoms with E-state index in [1.165, 1.54) is 45.0 Å².